The zero-order chi connectivity index (χ0) is 11.9. The Bertz CT molecular complexity index is 418. The summed E-state index contributed by atoms with van der Waals surface area (Å²) in [7, 11) is 0. The van der Waals surface area contributed by atoms with Crippen LogP contribution in [-0.4, -0.2) is 26.1 Å². The largest absolute Gasteiger partial charge is 0.309 e. The Kier molecular flexibility index (Phi) is 4.32. The predicted molar refractivity (Wildman–Crippen MR) is 66.5 cm³/mol. The van der Waals surface area contributed by atoms with Gasteiger partial charge in [0, 0.05) is 38.2 Å². The molecule has 0 radical (unpaired) electrons. The fraction of sp³-hybridized carbons (Fsp3) is 0.500. The zero-order valence-electron chi connectivity index (χ0n) is 10.2. The van der Waals surface area contributed by atoms with Crippen molar-refractivity contribution in [1.29, 1.82) is 0 Å². The number of hydrogen-bond donors (Lipinski definition) is 1. The van der Waals surface area contributed by atoms with E-state index in [0.29, 0.717) is 0 Å². The van der Waals surface area contributed by atoms with Crippen LogP contribution in [0.15, 0.2) is 30.7 Å². The van der Waals surface area contributed by atoms with Gasteiger partial charge in [-0.25, -0.2) is 0 Å². The molecule has 0 aliphatic carbocycles. The Balaban J connectivity index is 1.72. The van der Waals surface area contributed by atoms with E-state index in [9.17, 15) is 0 Å². The van der Waals surface area contributed by atoms with Crippen LogP contribution >= 0.6 is 0 Å². The molecule has 0 saturated heterocycles. The summed E-state index contributed by atoms with van der Waals surface area (Å²) in [4.78, 5) is 0. The molecule has 1 N–H and O–H groups in total. The molecule has 0 unspecified atom stereocenters. The lowest BCUT2D eigenvalue weighted by molar-refractivity contribution is 0.520. The molecule has 92 valence electrons. The van der Waals surface area contributed by atoms with Crippen LogP contribution in [0.2, 0.25) is 0 Å². The smallest absolute Gasteiger partial charge is 0.0534 e. The summed E-state index contributed by atoms with van der Waals surface area (Å²) in [5.74, 6) is 0. The molecule has 0 bridgehead atoms. The molecule has 2 aromatic rings. The van der Waals surface area contributed by atoms with Gasteiger partial charge in [0.05, 0.1) is 12.2 Å². The Morgan fingerprint density at radius 1 is 1.24 bits per heavy atom. The third kappa shape index (κ3) is 3.42. The summed E-state index contributed by atoms with van der Waals surface area (Å²) in [6.45, 7) is 5.83. The van der Waals surface area contributed by atoms with E-state index in [4.69, 9.17) is 0 Å². The van der Waals surface area contributed by atoms with Gasteiger partial charge >= 0.3 is 0 Å². The summed E-state index contributed by atoms with van der Waals surface area (Å²) in [5, 5.41) is 11.9. The summed E-state index contributed by atoms with van der Waals surface area (Å²) >= 11 is 0. The molecule has 5 nitrogen and oxygen atoms in total. The molecular weight excluding hydrogens is 214 g/mol. The minimum atomic E-state index is 0.862. The highest BCUT2D eigenvalue weighted by Crippen LogP contribution is 1.99. The summed E-state index contributed by atoms with van der Waals surface area (Å²) in [6, 6.07) is 4.01. The van der Waals surface area contributed by atoms with E-state index in [-0.39, 0.29) is 0 Å². The first-order chi connectivity index (χ1) is 8.40. The van der Waals surface area contributed by atoms with E-state index < -0.39 is 0 Å². The van der Waals surface area contributed by atoms with Gasteiger partial charge in [-0.2, -0.15) is 10.2 Å². The lowest BCUT2D eigenvalue weighted by Gasteiger charge is -2.07. The van der Waals surface area contributed by atoms with Gasteiger partial charge in [-0.3, -0.25) is 9.36 Å². The van der Waals surface area contributed by atoms with Gasteiger partial charge in [0.15, 0.2) is 0 Å². The Morgan fingerprint density at radius 2 is 2.18 bits per heavy atom. The summed E-state index contributed by atoms with van der Waals surface area (Å²) in [5.41, 5.74) is 1.24. The molecule has 0 saturated carbocycles. The SMILES string of the molecule is CCCn1nccc1CNCCn1cccn1. The Labute approximate surface area is 101 Å². The van der Waals surface area contributed by atoms with Gasteiger partial charge in [0.1, 0.15) is 0 Å². The summed E-state index contributed by atoms with van der Waals surface area (Å²) in [6.07, 6.45) is 6.75. The van der Waals surface area contributed by atoms with Crippen LogP contribution in [0.3, 0.4) is 0 Å². The van der Waals surface area contributed by atoms with Crippen molar-refractivity contribution in [2.24, 2.45) is 0 Å². The van der Waals surface area contributed by atoms with Crippen molar-refractivity contribution in [2.45, 2.75) is 33.0 Å². The minimum absolute atomic E-state index is 0.862. The predicted octanol–water partition coefficient (Wildman–Crippen LogP) is 1.28. The van der Waals surface area contributed by atoms with Crippen molar-refractivity contribution in [3.8, 4) is 0 Å². The van der Waals surface area contributed by atoms with Gasteiger partial charge in [-0.05, 0) is 18.6 Å². The standard InChI is InChI=1S/C12H19N5/c1-2-8-17-12(4-6-15-17)11-13-7-10-16-9-3-5-14-16/h3-6,9,13H,2,7-8,10-11H2,1H3. The van der Waals surface area contributed by atoms with E-state index in [1.807, 2.05) is 23.1 Å². The normalized spacial score (nSPS) is 10.9. The fourth-order valence-corrected chi connectivity index (χ4v) is 1.77. The van der Waals surface area contributed by atoms with E-state index in [1.54, 1.807) is 6.20 Å². The van der Waals surface area contributed by atoms with E-state index in [2.05, 4.69) is 33.2 Å². The maximum Gasteiger partial charge on any atom is 0.0534 e. The summed E-state index contributed by atoms with van der Waals surface area (Å²) < 4.78 is 3.98. The first-order valence-electron chi connectivity index (χ1n) is 6.09. The van der Waals surface area contributed by atoms with Gasteiger partial charge in [-0.1, -0.05) is 6.92 Å². The van der Waals surface area contributed by atoms with E-state index >= 15 is 0 Å². The van der Waals surface area contributed by atoms with Crippen LogP contribution in [0.4, 0.5) is 0 Å². The lowest BCUT2D eigenvalue weighted by atomic mass is 10.4. The first-order valence-corrected chi connectivity index (χ1v) is 6.09. The van der Waals surface area contributed by atoms with E-state index in [0.717, 1.165) is 32.6 Å². The van der Waals surface area contributed by atoms with Crippen molar-refractivity contribution in [3.63, 3.8) is 0 Å². The van der Waals surface area contributed by atoms with Crippen LogP contribution in [0, 0.1) is 0 Å². The van der Waals surface area contributed by atoms with E-state index in [1.165, 1.54) is 5.69 Å². The zero-order valence-corrected chi connectivity index (χ0v) is 10.2. The number of hydrogen-bond acceptors (Lipinski definition) is 3. The quantitative estimate of drug-likeness (QED) is 0.733. The van der Waals surface area contributed by atoms with Crippen LogP contribution in [0.1, 0.15) is 19.0 Å². The highest BCUT2D eigenvalue weighted by atomic mass is 15.3. The highest BCUT2D eigenvalue weighted by Gasteiger charge is 2.00. The molecule has 0 aromatic carbocycles. The van der Waals surface area contributed by atoms with Crippen molar-refractivity contribution in [1.82, 2.24) is 24.9 Å². The molecule has 0 spiro atoms. The molecule has 2 aromatic heterocycles. The third-order valence-corrected chi connectivity index (χ3v) is 2.62. The topological polar surface area (TPSA) is 47.7 Å². The van der Waals surface area contributed by atoms with Crippen molar-refractivity contribution < 1.29 is 0 Å². The van der Waals surface area contributed by atoms with Crippen LogP contribution in [0.25, 0.3) is 0 Å². The van der Waals surface area contributed by atoms with Gasteiger partial charge in [-0.15, -0.1) is 0 Å². The van der Waals surface area contributed by atoms with Gasteiger partial charge in [0.25, 0.3) is 0 Å². The third-order valence-electron chi connectivity index (χ3n) is 2.62. The molecule has 2 rings (SSSR count). The highest BCUT2D eigenvalue weighted by molar-refractivity contribution is 4.99. The monoisotopic (exact) mass is 233 g/mol. The van der Waals surface area contributed by atoms with Crippen LogP contribution < -0.4 is 5.32 Å². The van der Waals surface area contributed by atoms with Gasteiger partial charge in [0.2, 0.25) is 0 Å². The molecule has 2 heterocycles. The molecule has 0 aliphatic heterocycles. The number of aryl methyl sites for hydroxylation is 1. The molecule has 5 heteroatoms. The number of nitrogens with one attached hydrogen (secondary N) is 1. The second-order valence-corrected chi connectivity index (χ2v) is 3.99. The van der Waals surface area contributed by atoms with Gasteiger partial charge < -0.3 is 5.32 Å². The molecular formula is C12H19N5. The van der Waals surface area contributed by atoms with Crippen molar-refractivity contribution in [2.75, 3.05) is 6.54 Å². The first kappa shape index (κ1) is 11.9. The number of aromatic nitrogens is 4. The molecule has 0 aliphatic rings. The maximum atomic E-state index is 4.29. The Hall–Kier alpha value is -1.62. The number of rotatable bonds is 7. The molecule has 17 heavy (non-hydrogen) atoms. The fourth-order valence-electron chi connectivity index (χ4n) is 1.77. The second kappa shape index (κ2) is 6.20. The molecule has 0 atom stereocenters. The lowest BCUT2D eigenvalue weighted by Crippen LogP contribution is -2.21. The van der Waals surface area contributed by atoms with Crippen LogP contribution in [-0.2, 0) is 19.6 Å². The molecule has 0 amide bonds. The van der Waals surface area contributed by atoms with Crippen molar-refractivity contribution >= 4 is 0 Å². The Morgan fingerprint density at radius 3 is 2.94 bits per heavy atom. The number of nitrogens with zero attached hydrogens (tertiary/aromatic N) is 4. The second-order valence-electron chi connectivity index (χ2n) is 3.99. The maximum absolute atomic E-state index is 4.29. The van der Waals surface area contributed by atoms with Crippen LogP contribution in [0.5, 0.6) is 0 Å². The average Bonchev–Trinajstić information content (AvgIpc) is 2.96. The minimum Gasteiger partial charge on any atom is -0.309 e. The van der Waals surface area contributed by atoms with Crippen molar-refractivity contribution in [3.05, 3.63) is 36.4 Å². The molecule has 0 fully saturated rings. The average molecular weight is 233 g/mol.